The molecule has 0 amide bonds. The van der Waals surface area contributed by atoms with E-state index < -0.39 is 22.8 Å². The molecule has 0 bridgehead atoms. The van der Waals surface area contributed by atoms with Gasteiger partial charge < -0.3 is 9.47 Å². The van der Waals surface area contributed by atoms with Crippen molar-refractivity contribution in [1.29, 1.82) is 5.26 Å². The van der Waals surface area contributed by atoms with Gasteiger partial charge in [-0.15, -0.1) is 0 Å². The van der Waals surface area contributed by atoms with Gasteiger partial charge in [0.15, 0.2) is 0 Å². The molecule has 0 spiro atoms. The van der Waals surface area contributed by atoms with Crippen molar-refractivity contribution in [2.45, 2.75) is 66.7 Å². The van der Waals surface area contributed by atoms with Crippen molar-refractivity contribution in [3.63, 3.8) is 0 Å². The molecule has 2 atom stereocenters. The number of halogens is 3. The van der Waals surface area contributed by atoms with E-state index in [1.165, 1.54) is 23.9 Å². The zero-order valence-corrected chi connectivity index (χ0v) is 18.9. The Balaban J connectivity index is 1.99. The van der Waals surface area contributed by atoms with E-state index in [0.29, 0.717) is 29.9 Å². The molecule has 166 valence electrons. The highest BCUT2D eigenvalue weighted by molar-refractivity contribution is 7.99. The van der Waals surface area contributed by atoms with Crippen LogP contribution >= 0.6 is 11.8 Å². The lowest BCUT2D eigenvalue weighted by Crippen LogP contribution is -2.39. The minimum absolute atomic E-state index is 0.102. The summed E-state index contributed by atoms with van der Waals surface area (Å²) in [5.74, 6) is 0. The number of methoxy groups -OCH3 is 1. The first kappa shape index (κ1) is 23.6. The van der Waals surface area contributed by atoms with Gasteiger partial charge in [-0.05, 0) is 62.2 Å². The van der Waals surface area contributed by atoms with Crippen molar-refractivity contribution in [2.24, 2.45) is 0 Å². The van der Waals surface area contributed by atoms with E-state index in [2.05, 4.69) is 6.07 Å². The normalized spacial score (nSPS) is 22.2. The van der Waals surface area contributed by atoms with Crippen LogP contribution in [-0.4, -0.2) is 19.8 Å². The standard InChI is InChI=1S/C24H26F3NO2S/c1-16-14-23(29-4,9-10-30-16)18-11-19(24(25,26)27)13-21(12-18)31-20-7-5-17(6-8-20)22(2,3)15-28/h5-8,11-13,16H,9-10,14H2,1-4H3/t16-,23-/m1/s1. The first-order chi connectivity index (χ1) is 14.5. The summed E-state index contributed by atoms with van der Waals surface area (Å²) in [5, 5.41) is 9.30. The van der Waals surface area contributed by atoms with Gasteiger partial charge >= 0.3 is 6.18 Å². The maximum absolute atomic E-state index is 13.7. The molecule has 0 aromatic heterocycles. The SMILES string of the molecule is CO[C@]1(c2cc(Sc3ccc(C(C)(C)C#N)cc3)cc(C(F)(F)F)c2)CCO[C@H](C)C1. The lowest BCUT2D eigenvalue weighted by molar-refractivity contribution is -0.139. The van der Waals surface area contributed by atoms with Gasteiger partial charge in [0.05, 0.1) is 35.4 Å². The highest BCUT2D eigenvalue weighted by Crippen LogP contribution is 2.43. The number of nitriles is 1. The third-order valence-electron chi connectivity index (χ3n) is 5.77. The van der Waals surface area contributed by atoms with Crippen LogP contribution in [0, 0.1) is 11.3 Å². The van der Waals surface area contributed by atoms with Gasteiger partial charge in [0, 0.05) is 29.7 Å². The van der Waals surface area contributed by atoms with Gasteiger partial charge in [-0.1, -0.05) is 23.9 Å². The van der Waals surface area contributed by atoms with Crippen LogP contribution in [0.3, 0.4) is 0 Å². The molecule has 1 aliphatic rings. The third kappa shape index (κ3) is 5.25. The van der Waals surface area contributed by atoms with E-state index in [1.54, 1.807) is 13.2 Å². The smallest absolute Gasteiger partial charge is 0.378 e. The van der Waals surface area contributed by atoms with Crippen molar-refractivity contribution in [3.8, 4) is 6.07 Å². The highest BCUT2D eigenvalue weighted by atomic mass is 32.2. The number of nitrogens with zero attached hydrogens (tertiary/aromatic N) is 1. The average Bonchev–Trinajstić information content (AvgIpc) is 2.73. The second-order valence-corrected chi connectivity index (χ2v) is 9.59. The molecule has 1 fully saturated rings. The van der Waals surface area contributed by atoms with Gasteiger partial charge in [-0.3, -0.25) is 0 Å². The molecule has 0 saturated carbocycles. The summed E-state index contributed by atoms with van der Waals surface area (Å²) in [7, 11) is 1.54. The summed E-state index contributed by atoms with van der Waals surface area (Å²) in [6.45, 7) is 5.99. The third-order valence-corrected chi connectivity index (χ3v) is 6.75. The molecule has 0 unspecified atom stereocenters. The minimum Gasteiger partial charge on any atom is -0.378 e. The Labute approximate surface area is 185 Å². The zero-order valence-electron chi connectivity index (χ0n) is 18.0. The van der Waals surface area contributed by atoms with E-state index in [9.17, 15) is 18.4 Å². The highest BCUT2D eigenvalue weighted by Gasteiger charge is 2.40. The first-order valence-electron chi connectivity index (χ1n) is 10.1. The van der Waals surface area contributed by atoms with Crippen molar-refractivity contribution in [2.75, 3.05) is 13.7 Å². The number of hydrogen-bond acceptors (Lipinski definition) is 4. The maximum Gasteiger partial charge on any atom is 0.416 e. The first-order valence-corrected chi connectivity index (χ1v) is 10.9. The van der Waals surface area contributed by atoms with Crippen LogP contribution in [0.4, 0.5) is 13.2 Å². The summed E-state index contributed by atoms with van der Waals surface area (Å²) in [5.41, 5.74) is -0.750. The Hall–Kier alpha value is -2.01. The molecule has 2 aromatic rings. The number of alkyl halides is 3. The van der Waals surface area contributed by atoms with E-state index in [4.69, 9.17) is 9.47 Å². The largest absolute Gasteiger partial charge is 0.416 e. The molecule has 2 aromatic carbocycles. The molecule has 7 heteroatoms. The summed E-state index contributed by atoms with van der Waals surface area (Å²) in [6.07, 6.45) is -3.57. The Bertz CT molecular complexity index is 966. The number of benzene rings is 2. The fourth-order valence-electron chi connectivity index (χ4n) is 3.84. The summed E-state index contributed by atoms with van der Waals surface area (Å²) in [4.78, 5) is 1.29. The number of hydrogen-bond donors (Lipinski definition) is 0. The second-order valence-electron chi connectivity index (χ2n) is 8.44. The fourth-order valence-corrected chi connectivity index (χ4v) is 4.76. The quantitative estimate of drug-likeness (QED) is 0.509. The molecule has 0 N–H and O–H groups in total. The fraction of sp³-hybridized carbons (Fsp3) is 0.458. The summed E-state index contributed by atoms with van der Waals surface area (Å²) >= 11 is 1.26. The lowest BCUT2D eigenvalue weighted by atomic mass is 9.83. The Morgan fingerprint density at radius 2 is 1.77 bits per heavy atom. The monoisotopic (exact) mass is 449 g/mol. The minimum atomic E-state index is -4.46. The Kier molecular flexibility index (Phi) is 6.75. The Morgan fingerprint density at radius 1 is 1.10 bits per heavy atom. The van der Waals surface area contributed by atoms with Crippen LogP contribution in [0.25, 0.3) is 0 Å². The molecule has 0 radical (unpaired) electrons. The van der Waals surface area contributed by atoms with E-state index in [-0.39, 0.29) is 6.10 Å². The van der Waals surface area contributed by atoms with E-state index >= 15 is 0 Å². The molecular formula is C24H26F3NO2S. The van der Waals surface area contributed by atoms with Crippen LogP contribution in [0.5, 0.6) is 0 Å². The van der Waals surface area contributed by atoms with Gasteiger partial charge in [0.25, 0.3) is 0 Å². The van der Waals surface area contributed by atoms with Gasteiger partial charge in [-0.2, -0.15) is 18.4 Å². The predicted octanol–water partition coefficient (Wildman–Crippen LogP) is 6.70. The van der Waals surface area contributed by atoms with Crippen LogP contribution in [0.15, 0.2) is 52.3 Å². The average molecular weight is 450 g/mol. The molecule has 0 aliphatic carbocycles. The molecule has 31 heavy (non-hydrogen) atoms. The summed E-state index contributed by atoms with van der Waals surface area (Å²) < 4.78 is 52.4. The van der Waals surface area contributed by atoms with Crippen LogP contribution < -0.4 is 0 Å². The molecule has 3 nitrogen and oxygen atoms in total. The second kappa shape index (κ2) is 8.85. The van der Waals surface area contributed by atoms with Crippen molar-refractivity contribution in [3.05, 3.63) is 59.2 Å². The zero-order chi connectivity index (χ0) is 22.9. The van der Waals surface area contributed by atoms with E-state index in [0.717, 1.165) is 10.5 Å². The van der Waals surface area contributed by atoms with E-state index in [1.807, 2.05) is 45.0 Å². The summed E-state index contributed by atoms with van der Waals surface area (Å²) in [6, 6.07) is 13.8. The predicted molar refractivity (Wildman–Crippen MR) is 114 cm³/mol. The lowest BCUT2D eigenvalue weighted by Gasteiger charge is -2.39. The van der Waals surface area contributed by atoms with Gasteiger partial charge in [0.1, 0.15) is 0 Å². The van der Waals surface area contributed by atoms with Gasteiger partial charge in [-0.25, -0.2) is 0 Å². The van der Waals surface area contributed by atoms with Crippen LogP contribution in [0.2, 0.25) is 0 Å². The topological polar surface area (TPSA) is 42.2 Å². The van der Waals surface area contributed by atoms with Crippen LogP contribution in [0.1, 0.15) is 50.3 Å². The van der Waals surface area contributed by atoms with Crippen molar-refractivity contribution < 1.29 is 22.6 Å². The molecule has 1 saturated heterocycles. The molecule has 1 aliphatic heterocycles. The number of rotatable bonds is 5. The molecule has 3 rings (SSSR count). The maximum atomic E-state index is 13.7. The molecule has 1 heterocycles. The van der Waals surface area contributed by atoms with Gasteiger partial charge in [0.2, 0.25) is 0 Å². The molecular weight excluding hydrogens is 423 g/mol. The van der Waals surface area contributed by atoms with Crippen LogP contribution in [-0.2, 0) is 26.7 Å². The number of ether oxygens (including phenoxy) is 2. The van der Waals surface area contributed by atoms with Crippen molar-refractivity contribution >= 4 is 11.8 Å². The Morgan fingerprint density at radius 3 is 2.32 bits per heavy atom. The van der Waals surface area contributed by atoms with Crippen molar-refractivity contribution in [1.82, 2.24) is 0 Å².